The van der Waals surface area contributed by atoms with Crippen LogP contribution in [0.25, 0.3) is 0 Å². The van der Waals surface area contributed by atoms with Gasteiger partial charge in [0, 0.05) is 23.1 Å². The van der Waals surface area contributed by atoms with E-state index in [4.69, 9.17) is 0 Å². The number of rotatable bonds is 3. The van der Waals surface area contributed by atoms with Gasteiger partial charge in [0.15, 0.2) is 11.6 Å². The van der Waals surface area contributed by atoms with Gasteiger partial charge in [0.05, 0.1) is 22.0 Å². The molecule has 0 radical (unpaired) electrons. The zero-order valence-electron chi connectivity index (χ0n) is 19.9. The standard InChI is InChI=1S/C28H21BBrNO7/c30-21-12-22(33)25-20(26(21)34)11-19-17(23(25)13-4-6-16(32)7-5-13)8-9-18-24(19)28(36)31(27(18)35)15-3-1-2-14(10-15)29(37)38/h1-8,10,12,18-19,23-24,32,37-38H,9,11H2/t18-,19+,23-,24-/m0/s1. The lowest BCUT2D eigenvalue weighted by Crippen LogP contribution is -2.39. The molecule has 0 unspecified atom stereocenters. The van der Waals surface area contributed by atoms with Crippen LogP contribution in [0.2, 0.25) is 0 Å². The molecule has 190 valence electrons. The van der Waals surface area contributed by atoms with Gasteiger partial charge in [-0.25, -0.2) is 0 Å². The molecule has 6 rings (SSSR count). The molecule has 3 aliphatic carbocycles. The van der Waals surface area contributed by atoms with E-state index in [9.17, 15) is 34.3 Å². The van der Waals surface area contributed by atoms with Gasteiger partial charge in [-0.1, -0.05) is 35.9 Å². The fourth-order valence-electron chi connectivity index (χ4n) is 6.33. The second kappa shape index (κ2) is 9.01. The van der Waals surface area contributed by atoms with E-state index in [1.807, 2.05) is 6.08 Å². The van der Waals surface area contributed by atoms with Gasteiger partial charge in [-0.05, 0) is 70.0 Å². The van der Waals surface area contributed by atoms with Crippen LogP contribution in [0.5, 0.6) is 5.75 Å². The number of Topliss-reactive ketones (excluding diaryl/α,β-unsaturated/α-hetero) is 1. The minimum atomic E-state index is -1.76. The van der Waals surface area contributed by atoms with E-state index < -0.39 is 36.7 Å². The van der Waals surface area contributed by atoms with Crippen LogP contribution < -0.4 is 10.4 Å². The van der Waals surface area contributed by atoms with Gasteiger partial charge in [-0.3, -0.25) is 24.1 Å². The van der Waals surface area contributed by atoms with Crippen LogP contribution in [0.1, 0.15) is 24.3 Å². The maximum Gasteiger partial charge on any atom is 0.488 e. The highest BCUT2D eigenvalue weighted by atomic mass is 79.9. The van der Waals surface area contributed by atoms with Crippen molar-refractivity contribution < 1.29 is 34.3 Å². The first-order valence-electron chi connectivity index (χ1n) is 12.2. The molecule has 0 bridgehead atoms. The first-order chi connectivity index (χ1) is 18.2. The third-order valence-electron chi connectivity index (χ3n) is 7.98. The van der Waals surface area contributed by atoms with Crippen molar-refractivity contribution in [3.8, 4) is 5.75 Å². The highest BCUT2D eigenvalue weighted by Crippen LogP contribution is 2.55. The molecule has 3 N–H and O–H groups in total. The van der Waals surface area contributed by atoms with Crippen LogP contribution in [0.3, 0.4) is 0 Å². The van der Waals surface area contributed by atoms with E-state index >= 15 is 0 Å². The largest absolute Gasteiger partial charge is 0.508 e. The van der Waals surface area contributed by atoms with Crippen molar-refractivity contribution >= 4 is 57.6 Å². The van der Waals surface area contributed by atoms with E-state index in [0.717, 1.165) is 10.5 Å². The number of carbonyl (C=O) groups is 4. The van der Waals surface area contributed by atoms with Crippen molar-refractivity contribution in [3.63, 3.8) is 0 Å². The Morgan fingerprint density at radius 1 is 0.947 bits per heavy atom. The molecule has 0 saturated carbocycles. The van der Waals surface area contributed by atoms with Gasteiger partial charge in [0.2, 0.25) is 11.8 Å². The monoisotopic (exact) mass is 573 g/mol. The van der Waals surface area contributed by atoms with Crippen LogP contribution >= 0.6 is 15.9 Å². The number of amides is 2. The molecule has 8 nitrogen and oxygen atoms in total. The van der Waals surface area contributed by atoms with E-state index in [1.165, 1.54) is 30.3 Å². The summed E-state index contributed by atoms with van der Waals surface area (Å²) in [5.74, 6) is -3.82. The maximum absolute atomic E-state index is 13.9. The number of ketones is 2. The van der Waals surface area contributed by atoms with Gasteiger partial charge in [0.1, 0.15) is 5.75 Å². The molecule has 2 aromatic rings. The molecule has 0 spiro atoms. The average Bonchev–Trinajstić information content (AvgIpc) is 3.16. The lowest BCUT2D eigenvalue weighted by Gasteiger charge is -2.42. The molecule has 4 aliphatic rings. The number of fused-ring (bicyclic) bond motifs is 3. The summed E-state index contributed by atoms with van der Waals surface area (Å²) in [5, 5.41) is 29.0. The highest BCUT2D eigenvalue weighted by Gasteiger charge is 2.56. The number of anilines is 1. The zero-order chi connectivity index (χ0) is 26.9. The second-order valence-electron chi connectivity index (χ2n) is 9.97. The Hall–Kier alpha value is -3.60. The molecule has 1 saturated heterocycles. The Morgan fingerprint density at radius 3 is 2.39 bits per heavy atom. The summed E-state index contributed by atoms with van der Waals surface area (Å²) in [5.41, 5.74) is 2.61. The van der Waals surface area contributed by atoms with Gasteiger partial charge < -0.3 is 15.2 Å². The van der Waals surface area contributed by atoms with Crippen LogP contribution in [-0.2, 0) is 19.2 Å². The summed E-state index contributed by atoms with van der Waals surface area (Å²) in [6.45, 7) is 0. The molecule has 1 fully saturated rings. The van der Waals surface area contributed by atoms with E-state index in [-0.39, 0.29) is 45.3 Å². The molecule has 1 heterocycles. The van der Waals surface area contributed by atoms with E-state index in [1.54, 1.807) is 24.3 Å². The Labute approximate surface area is 226 Å². The van der Waals surface area contributed by atoms with Crippen molar-refractivity contribution in [1.29, 1.82) is 0 Å². The number of allylic oxidation sites excluding steroid dienone is 6. The predicted molar refractivity (Wildman–Crippen MR) is 141 cm³/mol. The van der Waals surface area contributed by atoms with E-state index in [0.29, 0.717) is 23.1 Å². The van der Waals surface area contributed by atoms with Crippen molar-refractivity contribution in [1.82, 2.24) is 0 Å². The van der Waals surface area contributed by atoms with Crippen molar-refractivity contribution in [2.45, 2.75) is 18.8 Å². The second-order valence-corrected chi connectivity index (χ2v) is 10.8. The fourth-order valence-corrected chi connectivity index (χ4v) is 6.78. The number of phenolic OH excluding ortho intramolecular Hbond substituents is 1. The lowest BCUT2D eigenvalue weighted by atomic mass is 9.59. The lowest BCUT2D eigenvalue weighted by molar-refractivity contribution is -0.123. The molecule has 38 heavy (non-hydrogen) atoms. The third kappa shape index (κ3) is 3.66. The predicted octanol–water partition coefficient (Wildman–Crippen LogP) is 2.04. The van der Waals surface area contributed by atoms with Gasteiger partial charge >= 0.3 is 7.12 Å². The summed E-state index contributed by atoms with van der Waals surface area (Å²) in [7, 11) is -1.76. The number of imide groups is 1. The van der Waals surface area contributed by atoms with Gasteiger partial charge in [0.25, 0.3) is 0 Å². The number of hydrogen-bond donors (Lipinski definition) is 3. The molecule has 2 amide bonds. The topological polar surface area (TPSA) is 132 Å². The zero-order valence-corrected chi connectivity index (χ0v) is 21.5. The molecule has 4 atom stereocenters. The van der Waals surface area contributed by atoms with Crippen LogP contribution in [0, 0.1) is 17.8 Å². The van der Waals surface area contributed by atoms with Gasteiger partial charge in [-0.15, -0.1) is 0 Å². The fraction of sp³-hybridized carbons (Fsp3) is 0.214. The van der Waals surface area contributed by atoms with Crippen LogP contribution in [0.4, 0.5) is 5.69 Å². The number of aromatic hydroxyl groups is 1. The Bertz CT molecular complexity index is 1520. The first kappa shape index (κ1) is 24.7. The number of halogens is 1. The van der Waals surface area contributed by atoms with Crippen molar-refractivity contribution in [2.75, 3.05) is 4.90 Å². The Balaban J connectivity index is 1.46. The Kier molecular flexibility index (Phi) is 5.86. The number of benzene rings is 2. The molecular formula is C28H21BBrNO7. The first-order valence-corrected chi connectivity index (χ1v) is 13.0. The minimum absolute atomic E-state index is 0.0594. The summed E-state index contributed by atoms with van der Waals surface area (Å²) in [4.78, 5) is 55.0. The number of phenols is 1. The van der Waals surface area contributed by atoms with E-state index in [2.05, 4.69) is 15.9 Å². The molecular weight excluding hydrogens is 553 g/mol. The normalized spacial score (nSPS) is 26.6. The number of hydrogen-bond acceptors (Lipinski definition) is 7. The SMILES string of the molecule is O=C1C=C(Br)C(=O)C2=C1[C@@H](c1ccc(O)cc1)C1=CC[C@@H]3C(=O)N(c4cccc(B(O)O)c4)C(=O)[C@@H]3[C@@H]1C2. The summed E-state index contributed by atoms with van der Waals surface area (Å²) < 4.78 is 0.153. The average molecular weight is 574 g/mol. The molecule has 10 heteroatoms. The molecule has 2 aromatic carbocycles. The summed E-state index contributed by atoms with van der Waals surface area (Å²) in [6.07, 6.45) is 3.63. The maximum atomic E-state index is 13.9. The number of nitrogens with zero attached hydrogens (tertiary/aromatic N) is 1. The third-order valence-corrected chi connectivity index (χ3v) is 8.57. The van der Waals surface area contributed by atoms with Crippen LogP contribution in [-0.4, -0.2) is 45.7 Å². The number of carbonyl (C=O) groups excluding carboxylic acids is 4. The van der Waals surface area contributed by atoms with Crippen molar-refractivity contribution in [3.05, 3.63) is 87.4 Å². The quantitative estimate of drug-likeness (QED) is 0.221. The molecule has 0 aromatic heterocycles. The highest BCUT2D eigenvalue weighted by molar-refractivity contribution is 9.12. The molecule has 1 aliphatic heterocycles. The van der Waals surface area contributed by atoms with Gasteiger partial charge in [-0.2, -0.15) is 0 Å². The smallest absolute Gasteiger partial charge is 0.488 e. The summed E-state index contributed by atoms with van der Waals surface area (Å²) in [6, 6.07) is 12.4. The van der Waals surface area contributed by atoms with Crippen molar-refractivity contribution in [2.24, 2.45) is 17.8 Å². The summed E-state index contributed by atoms with van der Waals surface area (Å²) >= 11 is 3.20. The minimum Gasteiger partial charge on any atom is -0.508 e. The Morgan fingerprint density at radius 2 is 1.68 bits per heavy atom. The van der Waals surface area contributed by atoms with Crippen LogP contribution in [0.15, 0.2) is 81.9 Å².